The molecule has 0 unspecified atom stereocenters. The number of primary amides is 1. The summed E-state index contributed by atoms with van der Waals surface area (Å²) in [5, 5.41) is 1.06. The number of amides is 1. The molecule has 1 heterocycles. The van der Waals surface area contributed by atoms with Gasteiger partial charge in [0.25, 0.3) is 0 Å². The van der Waals surface area contributed by atoms with Crippen molar-refractivity contribution in [1.82, 2.24) is 4.98 Å². The van der Waals surface area contributed by atoms with Crippen molar-refractivity contribution in [2.75, 3.05) is 0 Å². The zero-order valence-electron chi connectivity index (χ0n) is 9.98. The molecule has 3 rings (SSSR count). The fraction of sp³-hybridized carbons (Fsp3) is 0. The first-order valence-corrected chi connectivity index (χ1v) is 5.82. The van der Waals surface area contributed by atoms with E-state index in [1.165, 1.54) is 18.2 Å². The number of aromatic amines is 1. The van der Waals surface area contributed by atoms with Gasteiger partial charge in [-0.2, -0.15) is 0 Å². The molecule has 3 aromatic rings. The zero-order chi connectivity index (χ0) is 13.4. The highest BCUT2D eigenvalue weighted by molar-refractivity contribution is 6.00. The molecular weight excluding hydrogens is 243 g/mol. The summed E-state index contributed by atoms with van der Waals surface area (Å²) in [4.78, 5) is 14.5. The minimum atomic E-state index is -0.568. The van der Waals surface area contributed by atoms with Gasteiger partial charge in [-0.3, -0.25) is 4.79 Å². The molecule has 0 fully saturated rings. The van der Waals surface area contributed by atoms with E-state index in [2.05, 4.69) is 4.98 Å². The number of nitrogens with one attached hydrogen (secondary N) is 1. The Morgan fingerprint density at radius 3 is 2.74 bits per heavy atom. The van der Waals surface area contributed by atoms with Crippen molar-refractivity contribution in [3.63, 3.8) is 0 Å². The van der Waals surface area contributed by atoms with Crippen LogP contribution in [0.5, 0.6) is 0 Å². The third kappa shape index (κ3) is 1.97. The summed E-state index contributed by atoms with van der Waals surface area (Å²) in [5.74, 6) is -0.965. The van der Waals surface area contributed by atoms with Crippen LogP contribution in [0.15, 0.2) is 48.7 Å². The van der Waals surface area contributed by atoms with Crippen molar-refractivity contribution in [3.8, 4) is 11.1 Å². The zero-order valence-corrected chi connectivity index (χ0v) is 9.98. The summed E-state index contributed by atoms with van der Waals surface area (Å²) < 4.78 is 13.4. The summed E-state index contributed by atoms with van der Waals surface area (Å²) >= 11 is 0. The van der Waals surface area contributed by atoms with Crippen molar-refractivity contribution in [2.24, 2.45) is 5.73 Å². The molecule has 19 heavy (non-hydrogen) atoms. The van der Waals surface area contributed by atoms with Crippen molar-refractivity contribution in [3.05, 3.63) is 60.0 Å². The van der Waals surface area contributed by atoms with Crippen LogP contribution < -0.4 is 5.73 Å². The Kier molecular flexibility index (Phi) is 2.56. The molecule has 94 valence electrons. The lowest BCUT2D eigenvalue weighted by molar-refractivity contribution is 0.100. The molecule has 3 nitrogen and oxygen atoms in total. The van der Waals surface area contributed by atoms with Crippen molar-refractivity contribution in [1.29, 1.82) is 0 Å². The van der Waals surface area contributed by atoms with Gasteiger partial charge in [0.1, 0.15) is 5.82 Å². The van der Waals surface area contributed by atoms with Gasteiger partial charge in [-0.05, 0) is 46.8 Å². The molecule has 0 radical (unpaired) electrons. The Morgan fingerprint density at radius 1 is 1.11 bits per heavy atom. The summed E-state index contributed by atoms with van der Waals surface area (Å²) in [6, 6.07) is 11.5. The molecule has 4 heteroatoms. The van der Waals surface area contributed by atoms with Crippen LogP contribution in [0.3, 0.4) is 0 Å². The maximum atomic E-state index is 13.4. The van der Waals surface area contributed by atoms with Crippen LogP contribution in [0.2, 0.25) is 0 Å². The van der Waals surface area contributed by atoms with E-state index in [-0.39, 0.29) is 0 Å². The first kappa shape index (κ1) is 11.5. The van der Waals surface area contributed by atoms with E-state index in [1.54, 1.807) is 0 Å². The molecule has 0 aliphatic carbocycles. The Bertz CT molecular complexity index is 777. The average molecular weight is 254 g/mol. The highest BCUT2D eigenvalue weighted by atomic mass is 19.1. The number of carbonyl (C=O) groups excluding carboxylic acids is 1. The van der Waals surface area contributed by atoms with Crippen LogP contribution in [-0.4, -0.2) is 10.9 Å². The normalized spacial score (nSPS) is 10.8. The summed E-state index contributed by atoms with van der Waals surface area (Å²) in [7, 11) is 0. The van der Waals surface area contributed by atoms with E-state index in [1.807, 2.05) is 30.5 Å². The third-order valence-electron chi connectivity index (χ3n) is 3.11. The number of carbonyl (C=O) groups is 1. The second kappa shape index (κ2) is 4.24. The van der Waals surface area contributed by atoms with Crippen molar-refractivity contribution < 1.29 is 9.18 Å². The van der Waals surface area contributed by atoms with Crippen LogP contribution in [0.4, 0.5) is 4.39 Å². The Labute approximate surface area is 108 Å². The first-order valence-electron chi connectivity index (χ1n) is 5.82. The largest absolute Gasteiger partial charge is 0.366 e. The van der Waals surface area contributed by atoms with Gasteiger partial charge in [-0.15, -0.1) is 0 Å². The third-order valence-corrected chi connectivity index (χ3v) is 3.11. The molecule has 0 saturated heterocycles. The molecule has 0 bridgehead atoms. The van der Waals surface area contributed by atoms with Crippen molar-refractivity contribution >= 4 is 16.8 Å². The lowest BCUT2D eigenvalue weighted by atomic mass is 9.98. The second-order valence-electron chi connectivity index (χ2n) is 4.33. The molecule has 3 N–H and O–H groups in total. The van der Waals surface area contributed by atoms with Gasteiger partial charge in [0.2, 0.25) is 5.91 Å². The SMILES string of the molecule is NC(=O)c1ccc(F)cc1-c1ccc2cc[nH]c2c1. The number of halogens is 1. The number of hydrogen-bond donors (Lipinski definition) is 2. The van der Waals surface area contributed by atoms with E-state index >= 15 is 0 Å². The number of nitrogens with two attached hydrogens (primary N) is 1. The predicted molar refractivity (Wildman–Crippen MR) is 72.2 cm³/mol. The summed E-state index contributed by atoms with van der Waals surface area (Å²) in [6.45, 7) is 0. The van der Waals surface area contributed by atoms with E-state index < -0.39 is 11.7 Å². The smallest absolute Gasteiger partial charge is 0.249 e. The number of H-pyrrole nitrogens is 1. The highest BCUT2D eigenvalue weighted by Crippen LogP contribution is 2.27. The van der Waals surface area contributed by atoms with Gasteiger partial charge >= 0.3 is 0 Å². The summed E-state index contributed by atoms with van der Waals surface area (Å²) in [6.07, 6.45) is 1.83. The number of rotatable bonds is 2. The van der Waals surface area contributed by atoms with E-state index in [4.69, 9.17) is 5.73 Å². The van der Waals surface area contributed by atoms with Crippen LogP contribution >= 0.6 is 0 Å². The quantitative estimate of drug-likeness (QED) is 0.725. The molecule has 0 aliphatic rings. The predicted octanol–water partition coefficient (Wildman–Crippen LogP) is 3.07. The molecule has 0 aliphatic heterocycles. The van der Waals surface area contributed by atoms with Gasteiger partial charge in [-0.1, -0.05) is 12.1 Å². The van der Waals surface area contributed by atoms with Crippen LogP contribution in [0.1, 0.15) is 10.4 Å². The van der Waals surface area contributed by atoms with Gasteiger partial charge in [0.05, 0.1) is 0 Å². The van der Waals surface area contributed by atoms with E-state index in [0.717, 1.165) is 16.5 Å². The van der Waals surface area contributed by atoms with Gasteiger partial charge in [0, 0.05) is 17.3 Å². The Hall–Kier alpha value is -2.62. The minimum absolute atomic E-state index is 0.312. The Morgan fingerprint density at radius 2 is 1.95 bits per heavy atom. The Balaban J connectivity index is 2.24. The number of hydrogen-bond acceptors (Lipinski definition) is 1. The van der Waals surface area contributed by atoms with Crippen LogP contribution in [-0.2, 0) is 0 Å². The molecule has 0 spiro atoms. The number of aromatic nitrogens is 1. The van der Waals surface area contributed by atoms with Crippen LogP contribution in [0.25, 0.3) is 22.0 Å². The number of fused-ring (bicyclic) bond motifs is 1. The average Bonchev–Trinajstić information content (AvgIpc) is 2.85. The van der Waals surface area contributed by atoms with E-state index in [0.29, 0.717) is 11.1 Å². The second-order valence-corrected chi connectivity index (χ2v) is 4.33. The maximum Gasteiger partial charge on any atom is 0.249 e. The molecule has 1 aromatic heterocycles. The fourth-order valence-electron chi connectivity index (χ4n) is 2.19. The van der Waals surface area contributed by atoms with Gasteiger partial charge < -0.3 is 10.7 Å². The first-order chi connectivity index (χ1) is 9.15. The van der Waals surface area contributed by atoms with Crippen molar-refractivity contribution in [2.45, 2.75) is 0 Å². The topological polar surface area (TPSA) is 58.9 Å². The van der Waals surface area contributed by atoms with Crippen LogP contribution in [0, 0.1) is 5.82 Å². The molecule has 2 aromatic carbocycles. The molecule has 0 saturated carbocycles. The lowest BCUT2D eigenvalue weighted by Crippen LogP contribution is -2.12. The van der Waals surface area contributed by atoms with Gasteiger partial charge in [-0.25, -0.2) is 4.39 Å². The van der Waals surface area contributed by atoms with E-state index in [9.17, 15) is 9.18 Å². The van der Waals surface area contributed by atoms with Gasteiger partial charge in [0.15, 0.2) is 0 Å². The summed E-state index contributed by atoms with van der Waals surface area (Å²) in [5.41, 5.74) is 7.82. The number of benzene rings is 2. The standard InChI is InChI=1S/C15H11FN2O/c16-11-3-4-12(15(17)19)13(8-11)10-2-1-9-5-6-18-14(9)7-10/h1-8,18H,(H2,17,19). The highest BCUT2D eigenvalue weighted by Gasteiger charge is 2.11. The maximum absolute atomic E-state index is 13.4. The fourth-order valence-corrected chi connectivity index (χ4v) is 2.19. The lowest BCUT2D eigenvalue weighted by Gasteiger charge is -2.07. The molecule has 0 atom stereocenters. The molecular formula is C15H11FN2O. The minimum Gasteiger partial charge on any atom is -0.366 e. The monoisotopic (exact) mass is 254 g/mol. The molecule has 1 amide bonds.